The molecule has 2 aromatic rings. The SMILES string of the molecule is O=C(O)c1ccc(CNC(=O)c2ccc(CNC(=O)C(F)(F)F)c(S(=O)(=O)O)c2)cc1. The normalized spacial score (nSPS) is 11.6. The van der Waals surface area contributed by atoms with Crippen molar-refractivity contribution < 1.29 is 45.6 Å². The zero-order valence-electron chi connectivity index (χ0n) is 15.4. The van der Waals surface area contributed by atoms with Crippen molar-refractivity contribution in [3.63, 3.8) is 0 Å². The Morgan fingerprint density at radius 1 is 0.903 bits per heavy atom. The molecule has 2 rings (SSSR count). The van der Waals surface area contributed by atoms with Gasteiger partial charge in [0.1, 0.15) is 0 Å². The van der Waals surface area contributed by atoms with Crippen molar-refractivity contribution in [3.8, 4) is 0 Å². The third-order valence-corrected chi connectivity index (χ3v) is 4.89. The maximum atomic E-state index is 12.3. The summed E-state index contributed by atoms with van der Waals surface area (Å²) < 4.78 is 69.3. The number of benzene rings is 2. The standard InChI is InChI=1S/C18H15F3N2O7S/c19-18(20,21)17(27)23-9-13-6-5-12(7-14(13)31(28,29)30)15(24)22-8-10-1-3-11(4-2-10)16(25)26/h1-7H,8-9H2,(H,22,24)(H,23,27)(H,25,26)(H,28,29,30). The summed E-state index contributed by atoms with van der Waals surface area (Å²) in [7, 11) is -4.92. The summed E-state index contributed by atoms with van der Waals surface area (Å²) in [6, 6.07) is 8.41. The summed E-state index contributed by atoms with van der Waals surface area (Å²) in [5, 5.41) is 12.8. The number of halogens is 3. The molecule has 0 spiro atoms. The van der Waals surface area contributed by atoms with Crippen molar-refractivity contribution in [2.45, 2.75) is 24.2 Å². The van der Waals surface area contributed by atoms with Crippen molar-refractivity contribution in [1.82, 2.24) is 10.6 Å². The monoisotopic (exact) mass is 460 g/mol. The Hall–Kier alpha value is -3.45. The zero-order chi connectivity index (χ0) is 23.4. The molecule has 4 N–H and O–H groups in total. The highest BCUT2D eigenvalue weighted by molar-refractivity contribution is 7.85. The number of hydrogen-bond acceptors (Lipinski definition) is 5. The van der Waals surface area contributed by atoms with Crippen LogP contribution < -0.4 is 10.6 Å². The number of carboxylic acids is 1. The summed E-state index contributed by atoms with van der Waals surface area (Å²) in [6.07, 6.45) is -5.18. The molecule has 0 bridgehead atoms. The number of nitrogens with one attached hydrogen (secondary N) is 2. The van der Waals surface area contributed by atoms with Crippen LogP contribution in [0.5, 0.6) is 0 Å². The Morgan fingerprint density at radius 3 is 2.00 bits per heavy atom. The van der Waals surface area contributed by atoms with E-state index in [9.17, 15) is 40.5 Å². The number of alkyl halides is 3. The Morgan fingerprint density at radius 2 is 1.48 bits per heavy atom. The molecule has 0 radical (unpaired) electrons. The number of amides is 2. The topological polar surface area (TPSA) is 150 Å². The molecule has 9 nitrogen and oxygen atoms in total. The summed E-state index contributed by atoms with van der Waals surface area (Å²) in [5.41, 5.74) is 0.00231. The zero-order valence-corrected chi connectivity index (χ0v) is 16.2. The smallest absolute Gasteiger partial charge is 0.471 e. The van der Waals surface area contributed by atoms with E-state index in [4.69, 9.17) is 5.11 Å². The van der Waals surface area contributed by atoms with Crippen LogP contribution in [0.15, 0.2) is 47.4 Å². The van der Waals surface area contributed by atoms with Gasteiger partial charge in [-0.15, -0.1) is 0 Å². The molecule has 0 aliphatic carbocycles. The average Bonchev–Trinajstić information content (AvgIpc) is 2.68. The molecule has 2 amide bonds. The van der Waals surface area contributed by atoms with E-state index in [2.05, 4.69) is 5.32 Å². The molecule has 0 saturated carbocycles. The van der Waals surface area contributed by atoms with E-state index in [1.807, 2.05) is 0 Å². The first-order chi connectivity index (χ1) is 14.3. The molecule has 0 fully saturated rings. The molecule has 166 valence electrons. The Kier molecular flexibility index (Phi) is 7.02. The molecule has 0 atom stereocenters. The summed E-state index contributed by atoms with van der Waals surface area (Å²) in [4.78, 5) is 33.2. The van der Waals surface area contributed by atoms with Crippen LogP contribution >= 0.6 is 0 Å². The molecular formula is C18H15F3N2O7S. The highest BCUT2D eigenvalue weighted by Gasteiger charge is 2.38. The van der Waals surface area contributed by atoms with Gasteiger partial charge in [-0.3, -0.25) is 14.1 Å². The average molecular weight is 460 g/mol. The molecule has 0 heterocycles. The Labute approximate surface area is 173 Å². The van der Waals surface area contributed by atoms with Crippen LogP contribution in [-0.2, 0) is 28.0 Å². The van der Waals surface area contributed by atoms with Crippen molar-refractivity contribution in [1.29, 1.82) is 0 Å². The van der Waals surface area contributed by atoms with E-state index in [0.717, 1.165) is 18.2 Å². The van der Waals surface area contributed by atoms with Gasteiger partial charge in [0.05, 0.1) is 10.5 Å². The number of carbonyl (C=O) groups is 3. The van der Waals surface area contributed by atoms with Crippen molar-refractivity contribution >= 4 is 27.9 Å². The lowest BCUT2D eigenvalue weighted by Gasteiger charge is -2.12. The fraction of sp³-hybridized carbons (Fsp3) is 0.167. The number of carboxylic acid groups (broad SMARTS) is 1. The van der Waals surface area contributed by atoms with Crippen LogP contribution in [-0.4, -0.2) is 42.0 Å². The van der Waals surface area contributed by atoms with E-state index in [1.54, 1.807) is 0 Å². The first-order valence-electron chi connectivity index (χ1n) is 8.35. The predicted octanol–water partition coefficient (Wildman–Crippen LogP) is 1.74. The summed E-state index contributed by atoms with van der Waals surface area (Å²) in [5.74, 6) is -4.19. The minimum Gasteiger partial charge on any atom is -0.478 e. The van der Waals surface area contributed by atoms with Gasteiger partial charge in [0.2, 0.25) is 0 Å². The van der Waals surface area contributed by atoms with Gasteiger partial charge in [-0.25, -0.2) is 4.79 Å². The third kappa shape index (κ3) is 6.52. The summed E-state index contributed by atoms with van der Waals surface area (Å²) >= 11 is 0. The highest BCUT2D eigenvalue weighted by Crippen LogP contribution is 2.20. The number of carbonyl (C=O) groups excluding carboxylic acids is 2. The van der Waals surface area contributed by atoms with Crippen LogP contribution in [0.4, 0.5) is 13.2 Å². The van der Waals surface area contributed by atoms with Crippen LogP contribution in [0.25, 0.3) is 0 Å². The van der Waals surface area contributed by atoms with Crippen molar-refractivity contribution in [3.05, 3.63) is 64.7 Å². The van der Waals surface area contributed by atoms with Gasteiger partial charge in [0, 0.05) is 18.7 Å². The van der Waals surface area contributed by atoms with Crippen LogP contribution in [0.2, 0.25) is 0 Å². The molecule has 2 aromatic carbocycles. The first-order valence-corrected chi connectivity index (χ1v) is 9.79. The molecule has 13 heteroatoms. The van der Waals surface area contributed by atoms with E-state index in [1.165, 1.54) is 29.6 Å². The maximum absolute atomic E-state index is 12.3. The second-order valence-corrected chi connectivity index (χ2v) is 7.55. The number of hydrogen-bond donors (Lipinski definition) is 4. The lowest BCUT2D eigenvalue weighted by molar-refractivity contribution is -0.173. The van der Waals surface area contributed by atoms with Crippen LogP contribution in [0, 0.1) is 0 Å². The van der Waals surface area contributed by atoms with E-state index < -0.39 is 45.5 Å². The highest BCUT2D eigenvalue weighted by atomic mass is 32.2. The molecule has 0 aliphatic heterocycles. The van der Waals surface area contributed by atoms with Gasteiger partial charge in [0.15, 0.2) is 0 Å². The Balaban J connectivity index is 2.16. The fourth-order valence-electron chi connectivity index (χ4n) is 2.41. The first kappa shape index (κ1) is 23.8. The van der Waals surface area contributed by atoms with Gasteiger partial charge >= 0.3 is 18.1 Å². The second kappa shape index (κ2) is 9.14. The van der Waals surface area contributed by atoms with Crippen molar-refractivity contribution in [2.24, 2.45) is 0 Å². The predicted molar refractivity (Wildman–Crippen MR) is 98.7 cm³/mol. The van der Waals surface area contributed by atoms with Gasteiger partial charge in [0.25, 0.3) is 16.0 Å². The molecule has 0 unspecified atom stereocenters. The largest absolute Gasteiger partial charge is 0.478 e. The van der Waals surface area contributed by atoms with Gasteiger partial charge in [-0.2, -0.15) is 21.6 Å². The molecule has 31 heavy (non-hydrogen) atoms. The Bertz CT molecular complexity index is 1110. The maximum Gasteiger partial charge on any atom is 0.471 e. The van der Waals surface area contributed by atoms with Crippen LogP contribution in [0.1, 0.15) is 31.8 Å². The van der Waals surface area contributed by atoms with Gasteiger partial charge < -0.3 is 15.7 Å². The van der Waals surface area contributed by atoms with E-state index >= 15 is 0 Å². The minimum atomic E-state index is -5.18. The van der Waals surface area contributed by atoms with E-state index in [-0.39, 0.29) is 23.2 Å². The lowest BCUT2D eigenvalue weighted by Crippen LogP contribution is -2.36. The fourth-order valence-corrected chi connectivity index (χ4v) is 3.15. The van der Waals surface area contributed by atoms with Crippen molar-refractivity contribution in [2.75, 3.05) is 0 Å². The van der Waals surface area contributed by atoms with Crippen LogP contribution in [0.3, 0.4) is 0 Å². The molecule has 0 aromatic heterocycles. The number of aromatic carboxylic acids is 1. The molecule has 0 aliphatic rings. The molecule has 0 saturated heterocycles. The third-order valence-electron chi connectivity index (χ3n) is 3.96. The van der Waals surface area contributed by atoms with E-state index in [0.29, 0.717) is 5.56 Å². The number of rotatable bonds is 7. The second-order valence-electron chi connectivity index (χ2n) is 6.16. The van der Waals surface area contributed by atoms with Gasteiger partial charge in [-0.05, 0) is 35.4 Å². The molecular weight excluding hydrogens is 445 g/mol. The minimum absolute atomic E-state index is 0.0384. The van der Waals surface area contributed by atoms with Gasteiger partial charge in [-0.1, -0.05) is 18.2 Å². The summed E-state index contributed by atoms with van der Waals surface area (Å²) in [6.45, 7) is -0.894. The lowest BCUT2D eigenvalue weighted by atomic mass is 10.1. The quantitative estimate of drug-likeness (QED) is 0.460.